The summed E-state index contributed by atoms with van der Waals surface area (Å²) < 4.78 is 31.7. The molecule has 2 saturated carbocycles. The number of amides is 1. The molecule has 0 spiro atoms. The van der Waals surface area contributed by atoms with E-state index in [1.165, 1.54) is 44.4 Å². The molecule has 45 heavy (non-hydrogen) atoms. The van der Waals surface area contributed by atoms with Gasteiger partial charge in [0, 0.05) is 31.4 Å². The molecule has 8 nitrogen and oxygen atoms in total. The quantitative estimate of drug-likeness (QED) is 0.268. The summed E-state index contributed by atoms with van der Waals surface area (Å²) >= 11 is 0. The van der Waals surface area contributed by atoms with Crippen LogP contribution in [0.4, 0.5) is 15.8 Å². The number of hydrogen-bond acceptors (Lipinski definition) is 7. The molecule has 0 aromatic heterocycles. The maximum absolute atomic E-state index is 14.4. The lowest BCUT2D eigenvalue weighted by atomic mass is 10.1. The number of rotatable bonds is 12. The van der Waals surface area contributed by atoms with E-state index in [0.29, 0.717) is 18.7 Å². The molecule has 4 aliphatic rings. The normalized spacial score (nSPS) is 18.6. The number of aliphatic hydroxyl groups is 1. The maximum atomic E-state index is 14.4. The van der Waals surface area contributed by atoms with Crippen LogP contribution in [0.2, 0.25) is 0 Å². The first-order valence-electron chi connectivity index (χ1n) is 16.2. The van der Waals surface area contributed by atoms with Gasteiger partial charge in [-0.1, -0.05) is 6.07 Å². The fourth-order valence-electron chi connectivity index (χ4n) is 5.34. The highest BCUT2D eigenvalue weighted by atomic mass is 19.1. The second kappa shape index (κ2) is 14.0. The van der Waals surface area contributed by atoms with Gasteiger partial charge in [0.25, 0.3) is 0 Å². The third-order valence-corrected chi connectivity index (χ3v) is 8.65. The molecule has 7 rings (SSSR count). The van der Waals surface area contributed by atoms with Crippen LogP contribution >= 0.6 is 0 Å². The molecule has 9 heteroatoms. The largest absolute Gasteiger partial charge is 0.493 e. The molecule has 240 valence electrons. The highest BCUT2D eigenvalue weighted by Gasteiger charge is 2.30. The lowest BCUT2D eigenvalue weighted by Crippen LogP contribution is -2.54. The summed E-state index contributed by atoms with van der Waals surface area (Å²) in [5, 5.41) is 12.0. The van der Waals surface area contributed by atoms with Gasteiger partial charge in [0.15, 0.2) is 11.6 Å². The van der Waals surface area contributed by atoms with E-state index in [2.05, 4.69) is 39.4 Å². The van der Waals surface area contributed by atoms with Crippen molar-refractivity contribution in [3.05, 3.63) is 78.1 Å². The predicted molar refractivity (Wildman–Crippen MR) is 173 cm³/mol. The van der Waals surface area contributed by atoms with Crippen molar-refractivity contribution in [3.63, 3.8) is 0 Å². The molecule has 1 unspecified atom stereocenters. The summed E-state index contributed by atoms with van der Waals surface area (Å²) in [7, 11) is 0. The summed E-state index contributed by atoms with van der Waals surface area (Å²) in [6.07, 6.45) is 5.02. The second-order valence-corrected chi connectivity index (χ2v) is 12.8. The number of β-amino-alcohol motifs (C(OH)–C–C–N with tert-alkyl or cyclic N) is 1. The molecule has 0 bridgehead atoms. The van der Waals surface area contributed by atoms with E-state index in [1.54, 1.807) is 12.1 Å². The fraction of sp³-hybridized carbons (Fsp3) is 0.472. The molecule has 4 fully saturated rings. The molecular formula is C36H44FN3O5. The Kier molecular flexibility index (Phi) is 9.64. The summed E-state index contributed by atoms with van der Waals surface area (Å²) in [6.45, 7) is 7.88. The van der Waals surface area contributed by atoms with Gasteiger partial charge in [-0.05, 0) is 111 Å². The minimum absolute atomic E-state index is 0.0473. The minimum atomic E-state index is -0.407. The van der Waals surface area contributed by atoms with Crippen LogP contribution < -0.4 is 29.3 Å². The number of ether oxygens (including phenoxy) is 3. The Bertz CT molecular complexity index is 1420. The summed E-state index contributed by atoms with van der Waals surface area (Å²) in [5.41, 5.74) is 3.00. The zero-order valence-corrected chi connectivity index (χ0v) is 26.2. The van der Waals surface area contributed by atoms with Gasteiger partial charge in [0.1, 0.15) is 17.6 Å². The molecule has 2 aliphatic heterocycles. The van der Waals surface area contributed by atoms with Gasteiger partial charge in [0.2, 0.25) is 5.91 Å². The standard InChI is InChI=1S/C23H27FN2O3.C13H17NO2/c1-15(25-16(2)27)18-5-10-23(22(24)11-18)29-21-12-26(13-21)19-6-8-20(9-7-19)28-14-17-3-4-17;15-12-7-14(8-12)11-3-5-13(6-4-11)16-9-10-1-2-10/h5-11,15,17,21H,3-4,12-14H2,1-2H3,(H,25,27);3-6,10,12,15H,1-2,7-9H2. The zero-order chi connectivity index (χ0) is 31.3. The van der Waals surface area contributed by atoms with Crippen LogP contribution in [-0.4, -0.2) is 62.6 Å². The topological polar surface area (TPSA) is 83.5 Å². The van der Waals surface area contributed by atoms with E-state index >= 15 is 0 Å². The molecular weight excluding hydrogens is 573 g/mol. The lowest BCUT2D eigenvalue weighted by Gasteiger charge is -2.40. The van der Waals surface area contributed by atoms with Crippen molar-refractivity contribution in [2.75, 3.05) is 49.2 Å². The van der Waals surface area contributed by atoms with E-state index < -0.39 is 5.82 Å². The summed E-state index contributed by atoms with van der Waals surface area (Å²) in [4.78, 5) is 15.5. The lowest BCUT2D eigenvalue weighted by molar-refractivity contribution is -0.119. The molecule has 2 aliphatic carbocycles. The number of hydrogen-bond donors (Lipinski definition) is 2. The van der Waals surface area contributed by atoms with Crippen molar-refractivity contribution in [2.45, 2.75) is 57.8 Å². The predicted octanol–water partition coefficient (Wildman–Crippen LogP) is 5.74. The Labute approximate surface area is 265 Å². The maximum Gasteiger partial charge on any atom is 0.217 e. The number of nitrogens with zero attached hydrogens (tertiary/aromatic N) is 2. The van der Waals surface area contributed by atoms with Crippen LogP contribution in [0.5, 0.6) is 17.2 Å². The number of carbonyl (C=O) groups excluding carboxylic acids is 1. The monoisotopic (exact) mass is 617 g/mol. The van der Waals surface area contributed by atoms with Crippen LogP contribution in [-0.2, 0) is 4.79 Å². The molecule has 3 aromatic rings. The Hall–Kier alpha value is -3.98. The van der Waals surface area contributed by atoms with Crippen molar-refractivity contribution in [1.29, 1.82) is 0 Å². The van der Waals surface area contributed by atoms with Crippen LogP contribution in [0, 0.1) is 17.7 Å². The molecule has 2 N–H and O–H groups in total. The third-order valence-electron chi connectivity index (χ3n) is 8.65. The number of nitrogens with one attached hydrogen (secondary N) is 1. The Morgan fingerprint density at radius 2 is 1.36 bits per heavy atom. The van der Waals surface area contributed by atoms with Crippen molar-refractivity contribution in [3.8, 4) is 17.2 Å². The Balaban J connectivity index is 0.000000187. The van der Waals surface area contributed by atoms with E-state index in [1.807, 2.05) is 31.2 Å². The number of benzene rings is 3. The van der Waals surface area contributed by atoms with Gasteiger partial charge in [-0.3, -0.25) is 4.79 Å². The number of anilines is 2. The first-order valence-corrected chi connectivity index (χ1v) is 16.2. The van der Waals surface area contributed by atoms with E-state index in [-0.39, 0.29) is 29.9 Å². The average Bonchev–Trinajstić information content (AvgIpc) is 3.92. The number of halogens is 1. The molecule has 2 heterocycles. The van der Waals surface area contributed by atoms with Crippen molar-refractivity contribution in [1.82, 2.24) is 5.32 Å². The van der Waals surface area contributed by atoms with Gasteiger partial charge in [-0.25, -0.2) is 4.39 Å². The molecule has 3 aromatic carbocycles. The highest BCUT2D eigenvalue weighted by Crippen LogP contribution is 2.32. The first kappa shape index (κ1) is 31.0. The average molecular weight is 618 g/mol. The fourth-order valence-corrected chi connectivity index (χ4v) is 5.34. The van der Waals surface area contributed by atoms with Gasteiger partial charge in [-0.15, -0.1) is 0 Å². The van der Waals surface area contributed by atoms with Crippen molar-refractivity contribution >= 4 is 17.3 Å². The van der Waals surface area contributed by atoms with E-state index in [0.717, 1.165) is 55.3 Å². The summed E-state index contributed by atoms with van der Waals surface area (Å²) in [6, 6.07) is 20.9. The molecule has 0 radical (unpaired) electrons. The highest BCUT2D eigenvalue weighted by molar-refractivity contribution is 5.73. The Morgan fingerprint density at radius 1 is 0.844 bits per heavy atom. The van der Waals surface area contributed by atoms with Gasteiger partial charge in [-0.2, -0.15) is 0 Å². The molecule has 2 saturated heterocycles. The zero-order valence-electron chi connectivity index (χ0n) is 26.2. The van der Waals surface area contributed by atoms with Gasteiger partial charge in [0.05, 0.1) is 38.4 Å². The minimum Gasteiger partial charge on any atom is -0.493 e. The number of aliphatic hydroxyl groups excluding tert-OH is 1. The second-order valence-electron chi connectivity index (χ2n) is 12.8. The van der Waals surface area contributed by atoms with Crippen LogP contribution in [0.1, 0.15) is 51.1 Å². The van der Waals surface area contributed by atoms with Gasteiger partial charge < -0.3 is 34.4 Å². The van der Waals surface area contributed by atoms with Crippen LogP contribution in [0.25, 0.3) is 0 Å². The SMILES string of the molecule is CC(=O)NC(C)c1ccc(OC2CN(c3ccc(OCC4CC4)cc3)C2)c(F)c1.OC1CN(c2ccc(OCC3CC3)cc2)C1. The van der Waals surface area contributed by atoms with Crippen LogP contribution in [0.3, 0.4) is 0 Å². The van der Waals surface area contributed by atoms with Gasteiger partial charge >= 0.3 is 0 Å². The Morgan fingerprint density at radius 3 is 1.80 bits per heavy atom. The summed E-state index contributed by atoms with van der Waals surface area (Å²) in [5.74, 6) is 3.10. The van der Waals surface area contributed by atoms with E-state index in [4.69, 9.17) is 14.2 Å². The molecule has 1 amide bonds. The first-order chi connectivity index (χ1) is 21.8. The van der Waals surface area contributed by atoms with Crippen molar-refractivity contribution < 1.29 is 28.5 Å². The third kappa shape index (κ3) is 8.81. The van der Waals surface area contributed by atoms with E-state index in [9.17, 15) is 14.3 Å². The number of carbonyl (C=O) groups is 1. The smallest absolute Gasteiger partial charge is 0.217 e. The molecule has 1 atom stereocenters. The van der Waals surface area contributed by atoms with Crippen molar-refractivity contribution in [2.24, 2.45) is 11.8 Å². The van der Waals surface area contributed by atoms with Crippen LogP contribution in [0.15, 0.2) is 66.7 Å².